The molecule has 86 valence electrons. The van der Waals surface area contributed by atoms with Crippen molar-refractivity contribution in [3.05, 3.63) is 0 Å². The Balaban J connectivity index is 1.60. The first-order valence-electron chi connectivity index (χ1n) is 5.86. The number of hydrogen-bond acceptors (Lipinski definition) is 3. The molecule has 0 spiro atoms. The summed E-state index contributed by atoms with van der Waals surface area (Å²) in [4.78, 5) is 13.4. The van der Waals surface area contributed by atoms with E-state index in [-0.39, 0.29) is 5.91 Å². The van der Waals surface area contributed by atoms with Gasteiger partial charge in [-0.1, -0.05) is 6.92 Å². The molecule has 4 heteroatoms. The Kier molecular flexibility index (Phi) is 2.98. The van der Waals surface area contributed by atoms with Crippen LogP contribution >= 0.6 is 0 Å². The fourth-order valence-electron chi connectivity index (χ4n) is 1.89. The molecule has 0 bridgehead atoms. The number of hydrogen-bond donors (Lipinski definition) is 2. The zero-order valence-corrected chi connectivity index (χ0v) is 9.33. The molecule has 1 saturated carbocycles. The number of carbonyl (C=O) groups is 1. The van der Waals surface area contributed by atoms with Crippen molar-refractivity contribution in [1.29, 1.82) is 0 Å². The Morgan fingerprint density at radius 1 is 1.53 bits per heavy atom. The van der Waals surface area contributed by atoms with Gasteiger partial charge in [0.1, 0.15) is 0 Å². The van der Waals surface area contributed by atoms with Crippen molar-refractivity contribution in [2.75, 3.05) is 19.6 Å². The quantitative estimate of drug-likeness (QED) is 0.680. The van der Waals surface area contributed by atoms with Gasteiger partial charge in [-0.05, 0) is 19.3 Å². The lowest BCUT2D eigenvalue weighted by Crippen LogP contribution is -2.63. The standard InChI is InChI=1S/C11H20N2O2/c1-2-11(15)7-13(8-11)10(14)5-6-12-9-3-4-9/h9,12,15H,2-8H2,1H3. The number of likely N-dealkylation sites (tertiary alicyclic amines) is 1. The molecule has 0 aromatic heterocycles. The predicted molar refractivity (Wildman–Crippen MR) is 57.5 cm³/mol. The molecule has 4 nitrogen and oxygen atoms in total. The summed E-state index contributed by atoms with van der Waals surface area (Å²) in [5.41, 5.74) is -0.598. The van der Waals surface area contributed by atoms with E-state index in [4.69, 9.17) is 0 Å². The van der Waals surface area contributed by atoms with Crippen LogP contribution in [-0.4, -0.2) is 47.2 Å². The Morgan fingerprint density at radius 3 is 2.73 bits per heavy atom. The van der Waals surface area contributed by atoms with Gasteiger partial charge in [-0.3, -0.25) is 4.79 Å². The molecule has 2 aliphatic rings. The highest BCUT2D eigenvalue weighted by Gasteiger charge is 2.41. The van der Waals surface area contributed by atoms with Crippen LogP contribution in [0.15, 0.2) is 0 Å². The fraction of sp³-hybridized carbons (Fsp3) is 0.909. The molecule has 1 amide bonds. The van der Waals surface area contributed by atoms with E-state index in [0.29, 0.717) is 25.6 Å². The van der Waals surface area contributed by atoms with Gasteiger partial charge in [-0.15, -0.1) is 0 Å². The molecule has 0 aromatic carbocycles. The average Bonchev–Trinajstić information content (AvgIpc) is 2.96. The lowest BCUT2D eigenvalue weighted by Gasteiger charge is -2.46. The smallest absolute Gasteiger partial charge is 0.224 e. The molecule has 0 aromatic rings. The molecule has 1 aliphatic carbocycles. The van der Waals surface area contributed by atoms with Crippen molar-refractivity contribution in [1.82, 2.24) is 10.2 Å². The highest BCUT2D eigenvalue weighted by molar-refractivity contribution is 5.77. The second-order valence-corrected chi connectivity index (χ2v) is 4.81. The summed E-state index contributed by atoms with van der Waals surface area (Å²) in [6.07, 6.45) is 3.81. The van der Waals surface area contributed by atoms with Gasteiger partial charge in [0.15, 0.2) is 0 Å². The van der Waals surface area contributed by atoms with Gasteiger partial charge < -0.3 is 15.3 Å². The van der Waals surface area contributed by atoms with Crippen LogP contribution in [0.3, 0.4) is 0 Å². The van der Waals surface area contributed by atoms with E-state index in [2.05, 4.69) is 5.32 Å². The molecule has 1 saturated heterocycles. The third kappa shape index (κ3) is 2.69. The third-order valence-electron chi connectivity index (χ3n) is 3.33. The summed E-state index contributed by atoms with van der Waals surface area (Å²) in [7, 11) is 0. The summed E-state index contributed by atoms with van der Waals surface area (Å²) in [5.74, 6) is 0.168. The molecule has 1 aliphatic heterocycles. The maximum Gasteiger partial charge on any atom is 0.224 e. The van der Waals surface area contributed by atoms with Crippen LogP contribution in [0.5, 0.6) is 0 Å². The van der Waals surface area contributed by atoms with Gasteiger partial charge in [0, 0.05) is 19.0 Å². The zero-order chi connectivity index (χ0) is 10.9. The van der Waals surface area contributed by atoms with Crippen LogP contribution in [0.1, 0.15) is 32.6 Å². The molecular weight excluding hydrogens is 192 g/mol. The minimum Gasteiger partial charge on any atom is -0.386 e. The molecule has 2 rings (SSSR count). The first kappa shape index (κ1) is 10.9. The molecule has 0 unspecified atom stereocenters. The Hall–Kier alpha value is -0.610. The van der Waals surface area contributed by atoms with Crippen LogP contribution in [-0.2, 0) is 4.79 Å². The normalized spacial score (nSPS) is 23.7. The van der Waals surface area contributed by atoms with E-state index in [9.17, 15) is 9.90 Å². The van der Waals surface area contributed by atoms with E-state index >= 15 is 0 Å². The highest BCUT2D eigenvalue weighted by Crippen LogP contribution is 2.24. The van der Waals surface area contributed by atoms with Gasteiger partial charge in [0.05, 0.1) is 18.7 Å². The Bertz CT molecular complexity index is 245. The summed E-state index contributed by atoms with van der Waals surface area (Å²) in [6.45, 7) is 3.78. The molecule has 15 heavy (non-hydrogen) atoms. The summed E-state index contributed by atoms with van der Waals surface area (Å²) >= 11 is 0. The topological polar surface area (TPSA) is 52.6 Å². The first-order valence-corrected chi connectivity index (χ1v) is 5.86. The van der Waals surface area contributed by atoms with Gasteiger partial charge >= 0.3 is 0 Å². The van der Waals surface area contributed by atoms with Gasteiger partial charge in [0.25, 0.3) is 0 Å². The van der Waals surface area contributed by atoms with Crippen LogP contribution in [0, 0.1) is 0 Å². The van der Waals surface area contributed by atoms with E-state index < -0.39 is 5.60 Å². The van der Waals surface area contributed by atoms with Gasteiger partial charge in [-0.2, -0.15) is 0 Å². The maximum absolute atomic E-state index is 11.6. The lowest BCUT2D eigenvalue weighted by atomic mass is 9.91. The zero-order valence-electron chi connectivity index (χ0n) is 9.33. The fourth-order valence-corrected chi connectivity index (χ4v) is 1.89. The van der Waals surface area contributed by atoms with Crippen molar-refractivity contribution in [2.24, 2.45) is 0 Å². The van der Waals surface area contributed by atoms with Crippen LogP contribution in [0.4, 0.5) is 0 Å². The van der Waals surface area contributed by atoms with E-state index in [1.807, 2.05) is 6.92 Å². The predicted octanol–water partition coefficient (Wildman–Crippen LogP) is 0.112. The van der Waals surface area contributed by atoms with Crippen LogP contribution < -0.4 is 5.32 Å². The summed E-state index contributed by atoms with van der Waals surface area (Å²) in [6, 6.07) is 0.668. The lowest BCUT2D eigenvalue weighted by molar-refractivity contribution is -0.155. The van der Waals surface area contributed by atoms with E-state index in [1.165, 1.54) is 12.8 Å². The highest BCUT2D eigenvalue weighted by atomic mass is 16.3. The summed E-state index contributed by atoms with van der Waals surface area (Å²) in [5, 5.41) is 13.1. The van der Waals surface area contributed by atoms with E-state index in [1.54, 1.807) is 4.90 Å². The number of rotatable bonds is 5. The molecule has 0 radical (unpaired) electrons. The Labute approximate surface area is 90.6 Å². The minimum absolute atomic E-state index is 0.168. The average molecular weight is 212 g/mol. The maximum atomic E-state index is 11.6. The number of nitrogens with zero attached hydrogens (tertiary/aromatic N) is 1. The Morgan fingerprint density at radius 2 is 2.20 bits per heavy atom. The van der Waals surface area contributed by atoms with Crippen molar-refractivity contribution < 1.29 is 9.90 Å². The monoisotopic (exact) mass is 212 g/mol. The van der Waals surface area contributed by atoms with Crippen molar-refractivity contribution in [3.8, 4) is 0 Å². The van der Waals surface area contributed by atoms with E-state index in [0.717, 1.165) is 13.0 Å². The third-order valence-corrected chi connectivity index (χ3v) is 3.33. The first-order chi connectivity index (χ1) is 7.13. The molecule has 0 atom stereocenters. The number of nitrogens with one attached hydrogen (secondary N) is 1. The molecular formula is C11H20N2O2. The molecule has 2 N–H and O–H groups in total. The van der Waals surface area contributed by atoms with Crippen molar-refractivity contribution in [2.45, 2.75) is 44.2 Å². The van der Waals surface area contributed by atoms with Crippen molar-refractivity contribution >= 4 is 5.91 Å². The molecule has 2 fully saturated rings. The summed E-state index contributed by atoms with van der Waals surface area (Å²) < 4.78 is 0. The number of carbonyl (C=O) groups excluding carboxylic acids is 1. The van der Waals surface area contributed by atoms with Crippen LogP contribution in [0.25, 0.3) is 0 Å². The number of amides is 1. The van der Waals surface area contributed by atoms with Gasteiger partial charge in [-0.25, -0.2) is 0 Å². The largest absolute Gasteiger partial charge is 0.386 e. The minimum atomic E-state index is -0.598. The van der Waals surface area contributed by atoms with Crippen LogP contribution in [0.2, 0.25) is 0 Å². The number of aliphatic hydroxyl groups is 1. The van der Waals surface area contributed by atoms with Gasteiger partial charge in [0.2, 0.25) is 5.91 Å². The van der Waals surface area contributed by atoms with Crippen molar-refractivity contribution in [3.63, 3.8) is 0 Å². The number of β-amino-alcohol motifs (C(OH)–C–C–N with tert-alkyl or cyclic N) is 1. The molecule has 1 heterocycles. The SMILES string of the molecule is CCC1(O)CN(C(=O)CCNC2CC2)C1. The second-order valence-electron chi connectivity index (χ2n) is 4.81. The second kappa shape index (κ2) is 4.10.